The van der Waals surface area contributed by atoms with E-state index in [1.54, 1.807) is 6.92 Å². The van der Waals surface area contributed by atoms with Crippen molar-refractivity contribution in [3.05, 3.63) is 17.0 Å². The van der Waals surface area contributed by atoms with Gasteiger partial charge in [-0.1, -0.05) is 5.16 Å². The molecule has 0 bridgehead atoms. The molecule has 13 heavy (non-hydrogen) atoms. The first-order chi connectivity index (χ1) is 6.33. The molecule has 1 atom stereocenters. The van der Waals surface area contributed by atoms with Crippen molar-refractivity contribution in [3.8, 4) is 6.07 Å². The lowest BCUT2D eigenvalue weighted by Crippen LogP contribution is -2.10. The first-order valence-corrected chi connectivity index (χ1v) is 4.27. The number of hydrogen-bond donors (Lipinski definition) is 0. The summed E-state index contributed by atoms with van der Waals surface area (Å²) in [5.74, 6) is 0.426. The molecule has 0 amide bonds. The fourth-order valence-corrected chi connectivity index (χ4v) is 1.45. The van der Waals surface area contributed by atoms with Gasteiger partial charge in [-0.3, -0.25) is 0 Å². The van der Waals surface area contributed by atoms with E-state index in [-0.39, 0.29) is 5.92 Å². The van der Waals surface area contributed by atoms with Crippen molar-refractivity contribution in [1.29, 1.82) is 5.26 Å². The molecule has 0 aromatic carbocycles. The van der Waals surface area contributed by atoms with E-state index in [1.807, 2.05) is 0 Å². The number of nitriles is 1. The van der Waals surface area contributed by atoms with Crippen molar-refractivity contribution in [2.45, 2.75) is 25.9 Å². The average molecular weight is 178 g/mol. The number of ether oxygens (including phenoxy) is 1. The average Bonchev–Trinajstić information content (AvgIpc) is 2.60. The molecular formula is C9H10N2O2. The summed E-state index contributed by atoms with van der Waals surface area (Å²) in [4.78, 5) is 0. The molecule has 1 unspecified atom stereocenters. The molecule has 0 saturated heterocycles. The second kappa shape index (κ2) is 3.19. The largest absolute Gasteiger partial charge is 0.376 e. The zero-order valence-electron chi connectivity index (χ0n) is 7.41. The highest BCUT2D eigenvalue weighted by molar-refractivity contribution is 5.28. The number of aromatic nitrogens is 1. The van der Waals surface area contributed by atoms with Crippen LogP contribution in [0.5, 0.6) is 0 Å². The van der Waals surface area contributed by atoms with E-state index < -0.39 is 0 Å². The number of fused-ring (bicyclic) bond motifs is 1. The Labute approximate surface area is 76.1 Å². The van der Waals surface area contributed by atoms with Crippen molar-refractivity contribution in [3.63, 3.8) is 0 Å². The van der Waals surface area contributed by atoms with Gasteiger partial charge in [0, 0.05) is 12.0 Å². The van der Waals surface area contributed by atoms with Crippen molar-refractivity contribution in [1.82, 2.24) is 5.16 Å². The fraction of sp³-hybridized carbons (Fsp3) is 0.556. The molecular weight excluding hydrogens is 168 g/mol. The van der Waals surface area contributed by atoms with Gasteiger partial charge in [-0.05, 0) is 6.92 Å². The van der Waals surface area contributed by atoms with Crippen LogP contribution < -0.4 is 0 Å². The highest BCUT2D eigenvalue weighted by Crippen LogP contribution is 2.25. The third-order valence-corrected chi connectivity index (χ3v) is 2.22. The number of rotatable bonds is 1. The van der Waals surface area contributed by atoms with Crippen LogP contribution in [0, 0.1) is 11.3 Å². The maximum atomic E-state index is 8.73. The normalized spacial score (nSPS) is 17.5. The van der Waals surface area contributed by atoms with Gasteiger partial charge >= 0.3 is 0 Å². The Balaban J connectivity index is 2.38. The molecule has 2 heterocycles. The second-order valence-corrected chi connectivity index (χ2v) is 3.13. The van der Waals surface area contributed by atoms with Gasteiger partial charge in [-0.2, -0.15) is 5.26 Å². The van der Waals surface area contributed by atoms with Crippen molar-refractivity contribution < 1.29 is 9.26 Å². The van der Waals surface area contributed by atoms with E-state index in [9.17, 15) is 0 Å². The lowest BCUT2D eigenvalue weighted by molar-refractivity contribution is 0.109. The van der Waals surface area contributed by atoms with E-state index in [2.05, 4.69) is 11.2 Å². The van der Waals surface area contributed by atoms with Gasteiger partial charge in [-0.25, -0.2) is 0 Å². The maximum absolute atomic E-state index is 8.73. The van der Waals surface area contributed by atoms with E-state index in [1.165, 1.54) is 0 Å². The van der Waals surface area contributed by atoms with Gasteiger partial charge in [0.1, 0.15) is 5.92 Å². The van der Waals surface area contributed by atoms with Gasteiger partial charge < -0.3 is 9.26 Å². The van der Waals surface area contributed by atoms with Crippen molar-refractivity contribution in [2.75, 3.05) is 6.61 Å². The lowest BCUT2D eigenvalue weighted by Gasteiger charge is -2.10. The van der Waals surface area contributed by atoms with Crippen molar-refractivity contribution in [2.24, 2.45) is 0 Å². The van der Waals surface area contributed by atoms with Crippen LogP contribution >= 0.6 is 0 Å². The van der Waals surface area contributed by atoms with Gasteiger partial charge in [0.25, 0.3) is 0 Å². The summed E-state index contributed by atoms with van der Waals surface area (Å²) in [6, 6.07) is 2.13. The third-order valence-electron chi connectivity index (χ3n) is 2.22. The van der Waals surface area contributed by atoms with Crippen LogP contribution in [-0.4, -0.2) is 11.8 Å². The number of hydrogen-bond acceptors (Lipinski definition) is 4. The Hall–Kier alpha value is -1.34. The third kappa shape index (κ3) is 1.31. The van der Waals surface area contributed by atoms with Crippen LogP contribution in [0.4, 0.5) is 0 Å². The summed E-state index contributed by atoms with van der Waals surface area (Å²) < 4.78 is 10.4. The van der Waals surface area contributed by atoms with Gasteiger partial charge in [0.15, 0.2) is 5.76 Å². The molecule has 0 radical (unpaired) electrons. The molecule has 1 aliphatic heterocycles. The van der Waals surface area contributed by atoms with Gasteiger partial charge in [0.05, 0.1) is 25.0 Å². The highest BCUT2D eigenvalue weighted by Gasteiger charge is 2.23. The minimum atomic E-state index is -0.238. The quantitative estimate of drug-likeness (QED) is 0.651. The molecule has 68 valence electrons. The topological polar surface area (TPSA) is 59.0 Å². The number of nitrogens with zero attached hydrogens (tertiary/aromatic N) is 2. The van der Waals surface area contributed by atoms with Gasteiger partial charge in [-0.15, -0.1) is 0 Å². The van der Waals surface area contributed by atoms with E-state index in [4.69, 9.17) is 14.5 Å². The van der Waals surface area contributed by atoms with Crippen LogP contribution in [-0.2, 0) is 17.8 Å². The molecule has 1 aromatic heterocycles. The summed E-state index contributed by atoms with van der Waals surface area (Å²) in [6.45, 7) is 3.02. The Kier molecular flexibility index (Phi) is 2.03. The van der Waals surface area contributed by atoms with E-state index in [0.717, 1.165) is 17.7 Å². The Morgan fingerprint density at radius 2 is 2.46 bits per heavy atom. The smallest absolute Gasteiger partial charge is 0.159 e. The molecule has 4 nitrogen and oxygen atoms in total. The van der Waals surface area contributed by atoms with Crippen LogP contribution in [0.3, 0.4) is 0 Å². The zero-order chi connectivity index (χ0) is 9.26. The molecule has 0 saturated carbocycles. The highest BCUT2D eigenvalue weighted by atomic mass is 16.5. The zero-order valence-corrected chi connectivity index (χ0v) is 7.41. The van der Waals surface area contributed by atoms with Crippen LogP contribution in [0.2, 0.25) is 0 Å². The predicted octanol–water partition coefficient (Wildman–Crippen LogP) is 1.37. The summed E-state index contributed by atoms with van der Waals surface area (Å²) in [6.07, 6.45) is 0.789. The Bertz CT molecular complexity index is 351. The van der Waals surface area contributed by atoms with Crippen LogP contribution in [0.25, 0.3) is 0 Å². The monoisotopic (exact) mass is 178 g/mol. The molecule has 4 heteroatoms. The summed E-state index contributed by atoms with van der Waals surface area (Å²) >= 11 is 0. The summed E-state index contributed by atoms with van der Waals surface area (Å²) in [5.41, 5.74) is 1.92. The fourth-order valence-electron chi connectivity index (χ4n) is 1.45. The molecule has 0 spiro atoms. The standard InChI is InChI=1S/C9H10N2O2/c1-6(4-10)9-7-5-12-3-2-8(7)11-13-9/h6H,2-3,5H2,1H3. The first kappa shape index (κ1) is 8.27. The second-order valence-electron chi connectivity index (χ2n) is 3.13. The Morgan fingerprint density at radius 3 is 3.23 bits per heavy atom. The van der Waals surface area contributed by atoms with Crippen LogP contribution in [0.15, 0.2) is 4.52 Å². The van der Waals surface area contributed by atoms with Gasteiger partial charge in [0.2, 0.25) is 0 Å². The molecule has 1 aliphatic rings. The predicted molar refractivity (Wildman–Crippen MR) is 43.9 cm³/mol. The summed E-state index contributed by atoms with van der Waals surface area (Å²) in [5, 5.41) is 12.6. The SMILES string of the molecule is CC(C#N)c1onc2c1COCC2. The van der Waals surface area contributed by atoms with Crippen molar-refractivity contribution >= 4 is 0 Å². The van der Waals surface area contributed by atoms with Crippen LogP contribution in [0.1, 0.15) is 29.9 Å². The van der Waals surface area contributed by atoms with E-state index >= 15 is 0 Å². The minimum absolute atomic E-state index is 0.238. The van der Waals surface area contributed by atoms with E-state index in [0.29, 0.717) is 19.0 Å². The molecule has 2 rings (SSSR count). The minimum Gasteiger partial charge on any atom is -0.376 e. The Morgan fingerprint density at radius 1 is 1.62 bits per heavy atom. The molecule has 0 aliphatic carbocycles. The molecule has 0 N–H and O–H groups in total. The first-order valence-electron chi connectivity index (χ1n) is 4.27. The molecule has 1 aromatic rings. The lowest BCUT2D eigenvalue weighted by atomic mass is 10.0. The summed E-state index contributed by atoms with van der Waals surface area (Å²) in [7, 11) is 0. The molecule has 0 fully saturated rings. The maximum Gasteiger partial charge on any atom is 0.159 e.